The first-order valence-electron chi connectivity index (χ1n) is 8.27. The third-order valence-electron chi connectivity index (χ3n) is 4.12. The smallest absolute Gasteiger partial charge is 0.265 e. The number of fused-ring (bicyclic) bond motifs is 1. The Kier molecular flexibility index (Phi) is 5.48. The van der Waals surface area contributed by atoms with Crippen molar-refractivity contribution >= 4 is 17.5 Å². The average molecular weight is 358 g/mol. The van der Waals surface area contributed by atoms with Gasteiger partial charge in [0.1, 0.15) is 11.6 Å². The lowest BCUT2D eigenvalue weighted by Crippen LogP contribution is -2.41. The first kappa shape index (κ1) is 17.9. The van der Waals surface area contributed by atoms with Crippen molar-refractivity contribution in [1.29, 1.82) is 0 Å². The van der Waals surface area contributed by atoms with E-state index in [0.29, 0.717) is 17.0 Å². The van der Waals surface area contributed by atoms with Gasteiger partial charge in [-0.05, 0) is 29.8 Å². The fourth-order valence-electron chi connectivity index (χ4n) is 2.71. The molecule has 1 unspecified atom stereocenters. The zero-order chi connectivity index (χ0) is 18.5. The molecule has 0 fully saturated rings. The molecule has 2 aromatic carbocycles. The van der Waals surface area contributed by atoms with Crippen LogP contribution in [0, 0.1) is 5.82 Å². The van der Waals surface area contributed by atoms with E-state index in [1.54, 1.807) is 18.2 Å². The Morgan fingerprint density at radius 1 is 1.23 bits per heavy atom. The summed E-state index contributed by atoms with van der Waals surface area (Å²) in [4.78, 5) is 25.6. The molecule has 0 radical (unpaired) electrons. The minimum Gasteiger partial charge on any atom is -0.482 e. The Bertz CT molecular complexity index is 794. The molecule has 7 heteroatoms. The van der Waals surface area contributed by atoms with Gasteiger partial charge in [-0.3, -0.25) is 9.59 Å². The van der Waals surface area contributed by atoms with Crippen LogP contribution >= 0.6 is 0 Å². The third kappa shape index (κ3) is 4.18. The molecule has 0 bridgehead atoms. The molecule has 0 aromatic heterocycles. The number of hydrogen-bond acceptors (Lipinski definition) is 4. The van der Waals surface area contributed by atoms with E-state index in [1.807, 2.05) is 6.07 Å². The number of aliphatic hydroxyl groups excluding tert-OH is 1. The fraction of sp³-hybridized carbons (Fsp3) is 0.263. The van der Waals surface area contributed by atoms with E-state index >= 15 is 0 Å². The third-order valence-corrected chi connectivity index (χ3v) is 4.12. The second-order valence-electron chi connectivity index (χ2n) is 5.92. The highest BCUT2D eigenvalue weighted by Crippen LogP contribution is 2.31. The molecule has 0 saturated heterocycles. The largest absolute Gasteiger partial charge is 0.482 e. The number of benzene rings is 2. The van der Waals surface area contributed by atoms with E-state index in [4.69, 9.17) is 4.74 Å². The molecule has 0 saturated carbocycles. The molecule has 2 amide bonds. The van der Waals surface area contributed by atoms with Crippen LogP contribution in [-0.2, 0) is 9.59 Å². The molecule has 2 N–H and O–H groups in total. The Morgan fingerprint density at radius 2 is 1.96 bits per heavy atom. The topological polar surface area (TPSA) is 78.9 Å². The molecule has 0 spiro atoms. The van der Waals surface area contributed by atoms with Crippen molar-refractivity contribution in [3.63, 3.8) is 0 Å². The van der Waals surface area contributed by atoms with E-state index < -0.39 is 6.10 Å². The summed E-state index contributed by atoms with van der Waals surface area (Å²) in [6.45, 7) is 0.178. The highest BCUT2D eigenvalue weighted by Gasteiger charge is 2.25. The van der Waals surface area contributed by atoms with Gasteiger partial charge in [0.15, 0.2) is 6.61 Å². The van der Waals surface area contributed by atoms with Gasteiger partial charge in [-0.1, -0.05) is 24.3 Å². The molecule has 26 heavy (non-hydrogen) atoms. The second kappa shape index (κ2) is 7.97. The van der Waals surface area contributed by atoms with Crippen LogP contribution < -0.4 is 15.0 Å². The lowest BCUT2D eigenvalue weighted by Gasteiger charge is -2.29. The summed E-state index contributed by atoms with van der Waals surface area (Å²) in [5.74, 6) is -0.273. The molecular weight excluding hydrogens is 339 g/mol. The van der Waals surface area contributed by atoms with Gasteiger partial charge in [-0.25, -0.2) is 4.39 Å². The van der Waals surface area contributed by atoms with Crippen molar-refractivity contribution in [2.45, 2.75) is 12.5 Å². The van der Waals surface area contributed by atoms with Gasteiger partial charge in [-0.2, -0.15) is 0 Å². The molecule has 1 aliphatic heterocycles. The molecule has 0 aliphatic carbocycles. The number of carbonyl (C=O) groups excluding carboxylic acids is 2. The van der Waals surface area contributed by atoms with E-state index in [9.17, 15) is 19.1 Å². The quantitative estimate of drug-likeness (QED) is 0.825. The standard InChI is InChI=1S/C19H19FN2O4/c20-14-7-5-13(6-8-14)16(23)11-21-18(24)9-10-22-15-3-1-2-4-17(15)26-12-19(22)25/h1-8,16,23H,9-12H2,(H,21,24). The summed E-state index contributed by atoms with van der Waals surface area (Å²) in [6, 6.07) is 12.6. The monoisotopic (exact) mass is 358 g/mol. The summed E-state index contributed by atoms with van der Waals surface area (Å²) < 4.78 is 18.2. The van der Waals surface area contributed by atoms with Gasteiger partial charge in [-0.15, -0.1) is 0 Å². The van der Waals surface area contributed by atoms with Gasteiger partial charge < -0.3 is 20.1 Å². The molecular formula is C19H19FN2O4. The maximum Gasteiger partial charge on any atom is 0.265 e. The number of anilines is 1. The molecule has 6 nitrogen and oxygen atoms in total. The van der Waals surface area contributed by atoms with Crippen molar-refractivity contribution in [1.82, 2.24) is 5.32 Å². The number of ether oxygens (including phenoxy) is 1. The molecule has 3 rings (SSSR count). The first-order chi connectivity index (χ1) is 12.5. The molecule has 1 heterocycles. The summed E-state index contributed by atoms with van der Waals surface area (Å²) in [7, 11) is 0. The lowest BCUT2D eigenvalue weighted by atomic mass is 10.1. The Morgan fingerprint density at radius 3 is 2.73 bits per heavy atom. The fourth-order valence-corrected chi connectivity index (χ4v) is 2.71. The Labute approximate surface area is 150 Å². The average Bonchev–Trinajstić information content (AvgIpc) is 2.66. The summed E-state index contributed by atoms with van der Waals surface area (Å²) >= 11 is 0. The maximum atomic E-state index is 12.9. The zero-order valence-corrected chi connectivity index (χ0v) is 14.0. The van der Waals surface area contributed by atoms with Gasteiger partial charge in [0.25, 0.3) is 5.91 Å². The van der Waals surface area contributed by atoms with Crippen molar-refractivity contribution in [2.75, 3.05) is 24.6 Å². The van der Waals surface area contributed by atoms with Crippen molar-refractivity contribution in [3.8, 4) is 5.75 Å². The summed E-state index contributed by atoms with van der Waals surface area (Å²) in [6.07, 6.45) is -0.832. The molecule has 136 valence electrons. The maximum absolute atomic E-state index is 12.9. The summed E-state index contributed by atoms with van der Waals surface area (Å²) in [5, 5.41) is 12.7. The SMILES string of the molecule is O=C(CCN1C(=O)COc2ccccc21)NCC(O)c1ccc(F)cc1. The zero-order valence-electron chi connectivity index (χ0n) is 14.0. The minimum absolute atomic E-state index is 0.0120. The number of nitrogens with zero attached hydrogens (tertiary/aromatic N) is 1. The predicted molar refractivity (Wildman–Crippen MR) is 93.3 cm³/mol. The van der Waals surface area contributed by atoms with Gasteiger partial charge in [0, 0.05) is 19.5 Å². The van der Waals surface area contributed by atoms with Crippen LogP contribution in [0.1, 0.15) is 18.1 Å². The Hall–Kier alpha value is -2.93. The van der Waals surface area contributed by atoms with Crippen molar-refractivity contribution in [2.24, 2.45) is 0 Å². The predicted octanol–water partition coefficient (Wildman–Crippen LogP) is 1.79. The van der Waals surface area contributed by atoms with Gasteiger partial charge >= 0.3 is 0 Å². The minimum atomic E-state index is -0.926. The highest BCUT2D eigenvalue weighted by atomic mass is 19.1. The van der Waals surface area contributed by atoms with Crippen LogP contribution in [0.4, 0.5) is 10.1 Å². The van der Waals surface area contributed by atoms with E-state index in [0.717, 1.165) is 0 Å². The van der Waals surface area contributed by atoms with Gasteiger partial charge in [0.2, 0.25) is 5.91 Å². The number of aliphatic hydroxyl groups is 1. The Balaban J connectivity index is 1.51. The number of nitrogens with one attached hydrogen (secondary N) is 1. The highest BCUT2D eigenvalue weighted by molar-refractivity contribution is 5.98. The number of hydrogen-bond donors (Lipinski definition) is 2. The number of halogens is 1. The lowest BCUT2D eigenvalue weighted by molar-refractivity contribution is -0.122. The van der Waals surface area contributed by atoms with E-state index in [1.165, 1.54) is 29.2 Å². The van der Waals surface area contributed by atoms with Crippen LogP contribution in [0.5, 0.6) is 5.75 Å². The van der Waals surface area contributed by atoms with E-state index in [2.05, 4.69) is 5.32 Å². The van der Waals surface area contributed by atoms with Crippen LogP contribution in [-0.4, -0.2) is 36.6 Å². The summed E-state index contributed by atoms with van der Waals surface area (Å²) in [5.41, 5.74) is 1.16. The normalized spacial score (nSPS) is 14.4. The van der Waals surface area contributed by atoms with Crippen molar-refractivity contribution in [3.05, 3.63) is 59.9 Å². The van der Waals surface area contributed by atoms with Crippen LogP contribution in [0.25, 0.3) is 0 Å². The van der Waals surface area contributed by atoms with Crippen LogP contribution in [0.2, 0.25) is 0 Å². The van der Waals surface area contributed by atoms with Crippen molar-refractivity contribution < 1.29 is 23.8 Å². The second-order valence-corrected chi connectivity index (χ2v) is 5.92. The van der Waals surface area contributed by atoms with E-state index in [-0.39, 0.29) is 43.7 Å². The first-order valence-corrected chi connectivity index (χ1v) is 8.27. The molecule has 2 aromatic rings. The number of rotatable bonds is 6. The van der Waals surface area contributed by atoms with Crippen LogP contribution in [0.15, 0.2) is 48.5 Å². The van der Waals surface area contributed by atoms with Gasteiger partial charge in [0.05, 0.1) is 11.8 Å². The number of amides is 2. The molecule has 1 atom stereocenters. The molecule has 1 aliphatic rings. The number of carbonyl (C=O) groups is 2. The van der Waals surface area contributed by atoms with Crippen LogP contribution in [0.3, 0.4) is 0 Å². The number of para-hydroxylation sites is 2.